The number of hydrogen-bond acceptors (Lipinski definition) is 5. The van der Waals surface area contributed by atoms with Gasteiger partial charge >= 0.3 is 5.97 Å². The van der Waals surface area contributed by atoms with Crippen LogP contribution in [0.15, 0.2) is 35.4 Å². The zero-order valence-electron chi connectivity index (χ0n) is 13.2. The van der Waals surface area contributed by atoms with E-state index in [0.29, 0.717) is 22.0 Å². The van der Waals surface area contributed by atoms with E-state index in [1.807, 2.05) is 6.92 Å². The minimum Gasteiger partial charge on any atom is -0.478 e. The zero-order chi connectivity index (χ0) is 18.4. The van der Waals surface area contributed by atoms with E-state index in [1.165, 1.54) is 30.0 Å². The molecule has 0 unspecified atom stereocenters. The number of benzene rings is 1. The fraction of sp³-hybridized carbons (Fsp3) is 0.176. The predicted octanol–water partition coefficient (Wildman–Crippen LogP) is 3.73. The number of nitrogens with zero attached hydrogens (tertiary/aromatic N) is 2. The summed E-state index contributed by atoms with van der Waals surface area (Å²) in [5, 5.41) is 21.4. The van der Waals surface area contributed by atoms with E-state index in [4.69, 9.17) is 22.0 Å². The topological polar surface area (TPSA) is 103 Å². The van der Waals surface area contributed by atoms with Crippen LogP contribution in [0.1, 0.15) is 28.0 Å². The Hall–Kier alpha value is -2.56. The molecule has 2 aromatic rings. The predicted molar refractivity (Wildman–Crippen MR) is 96.1 cm³/mol. The SMILES string of the molecule is Cc1ccc(C#N)c(SCCC(=O)Nc2ccc(Cl)c(C(=O)O)c2)n1. The van der Waals surface area contributed by atoms with Crippen LogP contribution in [0.2, 0.25) is 5.02 Å². The van der Waals surface area contributed by atoms with Gasteiger partial charge in [0.2, 0.25) is 5.91 Å². The van der Waals surface area contributed by atoms with Gasteiger partial charge in [-0.3, -0.25) is 4.79 Å². The molecule has 1 amide bonds. The van der Waals surface area contributed by atoms with E-state index >= 15 is 0 Å². The normalized spacial score (nSPS) is 10.1. The number of aromatic nitrogens is 1. The molecule has 0 radical (unpaired) electrons. The Labute approximate surface area is 153 Å². The summed E-state index contributed by atoms with van der Waals surface area (Å²) >= 11 is 7.12. The van der Waals surface area contributed by atoms with Crippen LogP contribution in [0.3, 0.4) is 0 Å². The van der Waals surface area contributed by atoms with Crippen molar-refractivity contribution in [3.8, 4) is 6.07 Å². The fourth-order valence-corrected chi connectivity index (χ4v) is 3.12. The lowest BCUT2D eigenvalue weighted by atomic mass is 10.2. The Morgan fingerprint density at radius 1 is 1.36 bits per heavy atom. The molecule has 2 rings (SSSR count). The molecule has 0 saturated carbocycles. The molecule has 0 aliphatic heterocycles. The van der Waals surface area contributed by atoms with Gasteiger partial charge in [-0.15, -0.1) is 11.8 Å². The summed E-state index contributed by atoms with van der Waals surface area (Å²) in [6.07, 6.45) is 0.191. The largest absolute Gasteiger partial charge is 0.478 e. The van der Waals surface area contributed by atoms with Gasteiger partial charge in [0.1, 0.15) is 11.1 Å². The van der Waals surface area contributed by atoms with Crippen LogP contribution < -0.4 is 5.32 Å². The Balaban J connectivity index is 1.94. The van der Waals surface area contributed by atoms with Crippen molar-refractivity contribution in [3.05, 3.63) is 52.2 Å². The van der Waals surface area contributed by atoms with Gasteiger partial charge in [-0.25, -0.2) is 9.78 Å². The summed E-state index contributed by atoms with van der Waals surface area (Å²) in [4.78, 5) is 27.3. The average Bonchev–Trinajstić information content (AvgIpc) is 2.56. The number of aryl methyl sites for hydroxylation is 1. The number of rotatable bonds is 6. The van der Waals surface area contributed by atoms with Crippen molar-refractivity contribution in [3.63, 3.8) is 0 Å². The first-order chi connectivity index (χ1) is 11.9. The van der Waals surface area contributed by atoms with Crippen molar-refractivity contribution in [2.45, 2.75) is 18.4 Å². The molecule has 0 saturated heterocycles. The number of aromatic carboxylic acids is 1. The van der Waals surface area contributed by atoms with Gasteiger partial charge in [0.25, 0.3) is 0 Å². The van der Waals surface area contributed by atoms with E-state index in [9.17, 15) is 9.59 Å². The summed E-state index contributed by atoms with van der Waals surface area (Å²) in [5.74, 6) is -0.986. The monoisotopic (exact) mass is 375 g/mol. The van der Waals surface area contributed by atoms with E-state index < -0.39 is 5.97 Å². The van der Waals surface area contributed by atoms with Crippen molar-refractivity contribution >= 4 is 40.9 Å². The third-order valence-electron chi connectivity index (χ3n) is 3.17. The molecule has 0 atom stereocenters. The Morgan fingerprint density at radius 3 is 2.80 bits per heavy atom. The summed E-state index contributed by atoms with van der Waals surface area (Å²) in [7, 11) is 0. The Morgan fingerprint density at radius 2 is 2.12 bits per heavy atom. The zero-order valence-corrected chi connectivity index (χ0v) is 14.8. The number of carbonyl (C=O) groups is 2. The second-order valence-electron chi connectivity index (χ2n) is 5.06. The first kappa shape index (κ1) is 18.8. The lowest BCUT2D eigenvalue weighted by Crippen LogP contribution is -2.13. The van der Waals surface area contributed by atoms with Gasteiger partial charge in [-0.05, 0) is 37.3 Å². The van der Waals surface area contributed by atoms with Crippen molar-refractivity contribution in [1.29, 1.82) is 5.26 Å². The Bertz CT molecular complexity index is 865. The molecule has 0 spiro atoms. The van der Waals surface area contributed by atoms with Crippen LogP contribution in [0.25, 0.3) is 0 Å². The number of carboxylic acid groups (broad SMARTS) is 1. The van der Waals surface area contributed by atoms with E-state index in [1.54, 1.807) is 12.1 Å². The fourth-order valence-electron chi connectivity index (χ4n) is 1.96. The molecule has 1 heterocycles. The molecule has 8 heteroatoms. The van der Waals surface area contributed by atoms with E-state index in [-0.39, 0.29) is 22.9 Å². The van der Waals surface area contributed by atoms with Crippen LogP contribution >= 0.6 is 23.4 Å². The molecule has 0 aliphatic carbocycles. The maximum absolute atomic E-state index is 12.0. The highest BCUT2D eigenvalue weighted by molar-refractivity contribution is 7.99. The van der Waals surface area contributed by atoms with E-state index in [0.717, 1.165) is 5.69 Å². The maximum Gasteiger partial charge on any atom is 0.337 e. The maximum atomic E-state index is 12.0. The molecule has 1 aromatic heterocycles. The second kappa shape index (κ2) is 8.51. The molecule has 0 fully saturated rings. The first-order valence-electron chi connectivity index (χ1n) is 7.24. The molecule has 25 heavy (non-hydrogen) atoms. The van der Waals surface area contributed by atoms with Gasteiger partial charge < -0.3 is 10.4 Å². The van der Waals surface area contributed by atoms with Crippen LogP contribution in [-0.2, 0) is 4.79 Å². The molecular weight excluding hydrogens is 362 g/mol. The highest BCUT2D eigenvalue weighted by Gasteiger charge is 2.11. The number of nitriles is 1. The summed E-state index contributed by atoms with van der Waals surface area (Å²) in [6.45, 7) is 1.83. The Kier molecular flexibility index (Phi) is 6.39. The van der Waals surface area contributed by atoms with Crippen molar-refractivity contribution in [2.75, 3.05) is 11.1 Å². The third-order valence-corrected chi connectivity index (χ3v) is 4.49. The molecule has 2 N–H and O–H groups in total. The van der Waals surface area contributed by atoms with Crippen LogP contribution in [0, 0.1) is 18.3 Å². The number of halogens is 1. The molecule has 128 valence electrons. The van der Waals surface area contributed by atoms with Crippen molar-refractivity contribution in [2.24, 2.45) is 0 Å². The van der Waals surface area contributed by atoms with Crippen LogP contribution in [0.4, 0.5) is 5.69 Å². The number of hydrogen-bond donors (Lipinski definition) is 2. The lowest BCUT2D eigenvalue weighted by Gasteiger charge is -2.07. The molecular formula is C17H14ClN3O3S. The standard InChI is InChI=1S/C17H14ClN3O3S/c1-10-2-3-11(9-19)16(20-10)25-7-6-15(22)21-12-4-5-14(18)13(8-12)17(23)24/h2-5,8H,6-7H2,1H3,(H,21,22)(H,23,24). The number of thioether (sulfide) groups is 1. The highest BCUT2D eigenvalue weighted by atomic mass is 35.5. The number of pyridine rings is 1. The second-order valence-corrected chi connectivity index (χ2v) is 6.55. The number of anilines is 1. The number of amides is 1. The van der Waals surface area contributed by atoms with Crippen LogP contribution in [-0.4, -0.2) is 27.7 Å². The van der Waals surface area contributed by atoms with Crippen molar-refractivity contribution in [1.82, 2.24) is 4.98 Å². The molecule has 0 aliphatic rings. The summed E-state index contributed by atoms with van der Waals surface area (Å²) in [5.41, 5.74) is 1.56. The number of nitrogens with one attached hydrogen (secondary N) is 1. The number of carbonyl (C=O) groups excluding carboxylic acids is 1. The average molecular weight is 376 g/mol. The molecule has 1 aromatic carbocycles. The number of carboxylic acids is 1. The van der Waals surface area contributed by atoms with Crippen LogP contribution in [0.5, 0.6) is 0 Å². The summed E-state index contributed by atoms with van der Waals surface area (Å²) in [6, 6.07) is 9.80. The third kappa shape index (κ3) is 5.21. The van der Waals surface area contributed by atoms with Gasteiger partial charge in [0.15, 0.2) is 0 Å². The minimum atomic E-state index is -1.16. The quantitative estimate of drug-likeness (QED) is 0.745. The minimum absolute atomic E-state index is 0.0727. The van der Waals surface area contributed by atoms with Gasteiger partial charge in [-0.1, -0.05) is 11.6 Å². The molecule has 6 nitrogen and oxygen atoms in total. The summed E-state index contributed by atoms with van der Waals surface area (Å²) < 4.78 is 0. The highest BCUT2D eigenvalue weighted by Crippen LogP contribution is 2.23. The van der Waals surface area contributed by atoms with E-state index in [2.05, 4.69) is 16.4 Å². The van der Waals surface area contributed by atoms with Gasteiger partial charge in [0.05, 0.1) is 16.1 Å². The lowest BCUT2D eigenvalue weighted by molar-refractivity contribution is -0.115. The van der Waals surface area contributed by atoms with Gasteiger partial charge in [-0.2, -0.15) is 5.26 Å². The van der Waals surface area contributed by atoms with Gasteiger partial charge in [0, 0.05) is 23.6 Å². The molecule has 0 bridgehead atoms. The smallest absolute Gasteiger partial charge is 0.337 e. The van der Waals surface area contributed by atoms with Crippen molar-refractivity contribution < 1.29 is 14.7 Å². The first-order valence-corrected chi connectivity index (χ1v) is 8.60.